The number of nitrogens with two attached hydrogens (primary N) is 2. The van der Waals surface area contributed by atoms with E-state index in [1.165, 1.54) is 0 Å². The first-order valence-electron chi connectivity index (χ1n) is 5.55. The van der Waals surface area contributed by atoms with Gasteiger partial charge >= 0.3 is 6.18 Å². The van der Waals surface area contributed by atoms with Crippen molar-refractivity contribution in [2.75, 3.05) is 11.5 Å². The molecule has 0 bridgehead atoms. The lowest BCUT2D eigenvalue weighted by molar-refractivity contribution is -0.137. The van der Waals surface area contributed by atoms with Crippen LogP contribution in [0.5, 0.6) is 0 Å². The standard InChI is InChI=1S/C12H6ClF4N5/c13-7-6(12(15,16)17)2-1-4(8(7)14)9-5(3-18)10(19)22-11(20)21-9/h1-2H,(H4,19,20,21,22). The third-order valence-corrected chi connectivity index (χ3v) is 3.08. The van der Waals surface area contributed by atoms with Crippen molar-refractivity contribution in [1.82, 2.24) is 9.97 Å². The monoisotopic (exact) mass is 331 g/mol. The molecule has 1 aromatic carbocycles. The van der Waals surface area contributed by atoms with Gasteiger partial charge in [-0.1, -0.05) is 11.6 Å². The van der Waals surface area contributed by atoms with Crippen molar-refractivity contribution < 1.29 is 17.6 Å². The Labute approximate surface area is 126 Å². The topological polar surface area (TPSA) is 102 Å². The van der Waals surface area contributed by atoms with Gasteiger partial charge in [-0.25, -0.2) is 9.37 Å². The molecule has 0 saturated heterocycles. The zero-order chi connectivity index (χ0) is 16.7. The largest absolute Gasteiger partial charge is 0.417 e. The van der Waals surface area contributed by atoms with Crippen LogP contribution in [0.4, 0.5) is 29.3 Å². The molecule has 0 spiro atoms. The second-order valence-corrected chi connectivity index (χ2v) is 4.47. The summed E-state index contributed by atoms with van der Waals surface area (Å²) in [6.07, 6.45) is -4.82. The molecule has 0 aliphatic carbocycles. The zero-order valence-electron chi connectivity index (χ0n) is 10.5. The van der Waals surface area contributed by atoms with Crippen molar-refractivity contribution in [3.05, 3.63) is 34.1 Å². The van der Waals surface area contributed by atoms with Crippen molar-refractivity contribution in [3.8, 4) is 17.3 Å². The average molecular weight is 332 g/mol. The molecule has 0 saturated carbocycles. The first-order chi connectivity index (χ1) is 10.2. The molecular weight excluding hydrogens is 326 g/mol. The Morgan fingerprint density at radius 1 is 1.18 bits per heavy atom. The van der Waals surface area contributed by atoms with Crippen molar-refractivity contribution in [2.24, 2.45) is 0 Å². The Morgan fingerprint density at radius 3 is 2.36 bits per heavy atom. The van der Waals surface area contributed by atoms with Gasteiger partial charge in [0.1, 0.15) is 17.5 Å². The number of halogens is 5. The third-order valence-electron chi connectivity index (χ3n) is 2.71. The molecule has 0 amide bonds. The summed E-state index contributed by atoms with van der Waals surface area (Å²) in [4.78, 5) is 7.18. The van der Waals surface area contributed by atoms with Gasteiger partial charge in [-0.05, 0) is 12.1 Å². The van der Waals surface area contributed by atoms with Crippen LogP contribution < -0.4 is 11.5 Å². The number of nitrogen functional groups attached to an aromatic ring is 2. The summed E-state index contributed by atoms with van der Waals surface area (Å²) in [5.74, 6) is -2.06. The molecule has 4 N–H and O–H groups in total. The van der Waals surface area contributed by atoms with Crippen LogP contribution in [0.1, 0.15) is 11.1 Å². The van der Waals surface area contributed by atoms with E-state index in [0.29, 0.717) is 6.07 Å². The quantitative estimate of drug-likeness (QED) is 0.782. The van der Waals surface area contributed by atoms with E-state index in [9.17, 15) is 17.6 Å². The van der Waals surface area contributed by atoms with Crippen LogP contribution in [0.25, 0.3) is 11.3 Å². The highest BCUT2D eigenvalue weighted by molar-refractivity contribution is 6.32. The number of rotatable bonds is 1. The minimum atomic E-state index is -4.82. The first-order valence-corrected chi connectivity index (χ1v) is 5.93. The van der Waals surface area contributed by atoms with E-state index >= 15 is 0 Å². The van der Waals surface area contributed by atoms with Crippen LogP contribution in [-0.2, 0) is 6.18 Å². The fourth-order valence-corrected chi connectivity index (χ4v) is 2.02. The molecular formula is C12H6ClF4N5. The average Bonchev–Trinajstić information content (AvgIpc) is 2.39. The Hall–Kier alpha value is -2.60. The highest BCUT2D eigenvalue weighted by atomic mass is 35.5. The second kappa shape index (κ2) is 5.31. The number of nitrogens with zero attached hydrogens (tertiary/aromatic N) is 3. The Bertz CT molecular complexity index is 798. The maximum Gasteiger partial charge on any atom is 0.417 e. The molecule has 114 valence electrons. The Morgan fingerprint density at radius 2 is 1.82 bits per heavy atom. The SMILES string of the molecule is N#Cc1c(N)nc(N)nc1-c1ccc(C(F)(F)F)c(Cl)c1F. The van der Waals surface area contributed by atoms with Crippen LogP contribution in [0, 0.1) is 17.1 Å². The van der Waals surface area contributed by atoms with Gasteiger partial charge in [-0.3, -0.25) is 0 Å². The Kier molecular flexibility index (Phi) is 3.81. The number of anilines is 2. The van der Waals surface area contributed by atoms with Gasteiger partial charge in [0.05, 0.1) is 16.3 Å². The van der Waals surface area contributed by atoms with Crippen LogP contribution in [0.2, 0.25) is 5.02 Å². The van der Waals surface area contributed by atoms with Crippen molar-refractivity contribution >= 4 is 23.4 Å². The third kappa shape index (κ3) is 2.60. The van der Waals surface area contributed by atoms with E-state index in [4.69, 9.17) is 28.3 Å². The van der Waals surface area contributed by atoms with Gasteiger partial charge in [0.25, 0.3) is 0 Å². The summed E-state index contributed by atoms with van der Waals surface area (Å²) in [5, 5.41) is 7.87. The van der Waals surface area contributed by atoms with Crippen LogP contribution in [-0.4, -0.2) is 9.97 Å². The normalized spacial score (nSPS) is 11.3. The van der Waals surface area contributed by atoms with E-state index in [0.717, 1.165) is 6.07 Å². The smallest absolute Gasteiger partial charge is 0.382 e. The minimum Gasteiger partial charge on any atom is -0.382 e. The van der Waals surface area contributed by atoms with Crippen LogP contribution in [0.3, 0.4) is 0 Å². The highest BCUT2D eigenvalue weighted by Crippen LogP contribution is 2.39. The van der Waals surface area contributed by atoms with Gasteiger partial charge in [0, 0.05) is 5.56 Å². The molecule has 2 rings (SSSR count). The molecule has 2 aromatic rings. The van der Waals surface area contributed by atoms with Crippen molar-refractivity contribution in [1.29, 1.82) is 5.26 Å². The summed E-state index contributed by atoms with van der Waals surface area (Å²) >= 11 is 5.42. The summed E-state index contributed by atoms with van der Waals surface area (Å²) in [6, 6.07) is 3.02. The molecule has 0 atom stereocenters. The maximum absolute atomic E-state index is 14.2. The Balaban J connectivity index is 2.76. The summed E-state index contributed by atoms with van der Waals surface area (Å²) in [6.45, 7) is 0. The second-order valence-electron chi connectivity index (χ2n) is 4.09. The van der Waals surface area contributed by atoms with Gasteiger partial charge in [0.15, 0.2) is 5.82 Å². The molecule has 1 heterocycles. The number of alkyl halides is 3. The number of hydrogen-bond donors (Lipinski definition) is 2. The molecule has 0 aliphatic heterocycles. The molecule has 22 heavy (non-hydrogen) atoms. The molecule has 5 nitrogen and oxygen atoms in total. The molecule has 0 fully saturated rings. The fraction of sp³-hybridized carbons (Fsp3) is 0.0833. The lowest BCUT2D eigenvalue weighted by Crippen LogP contribution is -2.09. The number of aromatic nitrogens is 2. The fourth-order valence-electron chi connectivity index (χ4n) is 1.75. The van der Waals surface area contributed by atoms with E-state index in [-0.39, 0.29) is 23.0 Å². The predicted molar refractivity (Wildman–Crippen MR) is 71.0 cm³/mol. The number of nitriles is 1. The van der Waals surface area contributed by atoms with Gasteiger partial charge < -0.3 is 11.5 Å². The van der Waals surface area contributed by atoms with Crippen LogP contribution >= 0.6 is 11.6 Å². The summed E-state index contributed by atoms with van der Waals surface area (Å²) < 4.78 is 52.2. The van der Waals surface area contributed by atoms with Crippen LogP contribution in [0.15, 0.2) is 12.1 Å². The minimum absolute atomic E-state index is 0.316. The molecule has 1 aromatic heterocycles. The van der Waals surface area contributed by atoms with E-state index < -0.39 is 28.1 Å². The molecule has 0 radical (unpaired) electrons. The van der Waals surface area contributed by atoms with E-state index in [1.54, 1.807) is 6.07 Å². The number of hydrogen-bond acceptors (Lipinski definition) is 5. The van der Waals surface area contributed by atoms with Crippen molar-refractivity contribution in [3.63, 3.8) is 0 Å². The number of benzene rings is 1. The van der Waals surface area contributed by atoms with E-state index in [1.807, 2.05) is 0 Å². The summed E-state index contributed by atoms with van der Waals surface area (Å²) in [5.41, 5.74) is 8.40. The maximum atomic E-state index is 14.2. The molecule has 10 heteroatoms. The first kappa shape index (κ1) is 15.8. The lowest BCUT2D eigenvalue weighted by atomic mass is 10.0. The van der Waals surface area contributed by atoms with Gasteiger partial charge in [-0.15, -0.1) is 0 Å². The summed E-state index contributed by atoms with van der Waals surface area (Å²) in [7, 11) is 0. The highest BCUT2D eigenvalue weighted by Gasteiger charge is 2.35. The predicted octanol–water partition coefficient (Wildman–Crippen LogP) is 2.99. The van der Waals surface area contributed by atoms with E-state index in [2.05, 4.69) is 9.97 Å². The zero-order valence-corrected chi connectivity index (χ0v) is 11.3. The van der Waals surface area contributed by atoms with Crippen molar-refractivity contribution in [2.45, 2.75) is 6.18 Å². The van der Waals surface area contributed by atoms with Gasteiger partial charge in [0.2, 0.25) is 5.95 Å². The lowest BCUT2D eigenvalue weighted by Gasteiger charge is -2.13. The molecule has 0 aliphatic rings. The van der Waals surface area contributed by atoms with Gasteiger partial charge in [-0.2, -0.15) is 23.4 Å². The molecule has 0 unspecified atom stereocenters.